The summed E-state index contributed by atoms with van der Waals surface area (Å²) in [5, 5.41) is 7.01. The highest BCUT2D eigenvalue weighted by molar-refractivity contribution is 7.80. The Kier molecular flexibility index (Phi) is 6.60. The van der Waals surface area contributed by atoms with E-state index < -0.39 is 0 Å². The lowest BCUT2D eigenvalue weighted by Crippen LogP contribution is -2.43. The average Bonchev–Trinajstić information content (AvgIpc) is 2.59. The highest BCUT2D eigenvalue weighted by atomic mass is 32.1. The molecule has 8 heteroatoms. The SMILES string of the molecule is C[C@@H]1C[C@@H](C)CN(c2cc(N3CCOCC3)nc(NC(=S)NC(C)(C)C)n2)C1. The van der Waals surface area contributed by atoms with Gasteiger partial charge in [-0.25, -0.2) is 0 Å². The largest absolute Gasteiger partial charge is 0.378 e. The van der Waals surface area contributed by atoms with Crippen molar-refractivity contribution in [1.82, 2.24) is 15.3 Å². The fourth-order valence-corrected chi connectivity index (χ4v) is 4.32. The van der Waals surface area contributed by atoms with Crippen molar-refractivity contribution >= 4 is 34.9 Å². The maximum absolute atomic E-state index is 5.50. The van der Waals surface area contributed by atoms with Gasteiger partial charge < -0.3 is 25.2 Å². The standard InChI is InChI=1S/C20H34N6OS/c1-14-10-15(2)13-26(12-14)17-11-16(25-6-8-27-9-7-25)21-18(22-17)23-19(28)24-20(3,4)5/h11,14-15H,6-10,12-13H2,1-5H3,(H2,21,22,23,24,28)/t14-,15-/m1/s1. The molecule has 2 atom stereocenters. The summed E-state index contributed by atoms with van der Waals surface area (Å²) in [6.07, 6.45) is 1.27. The average molecular weight is 407 g/mol. The molecule has 1 aromatic heterocycles. The Labute approximate surface area is 174 Å². The number of rotatable bonds is 3. The highest BCUT2D eigenvalue weighted by Crippen LogP contribution is 2.28. The molecule has 2 saturated heterocycles. The first-order valence-electron chi connectivity index (χ1n) is 10.3. The summed E-state index contributed by atoms with van der Waals surface area (Å²) in [5.74, 6) is 3.76. The monoisotopic (exact) mass is 406 g/mol. The number of hydrogen-bond acceptors (Lipinski definition) is 6. The molecule has 7 nitrogen and oxygen atoms in total. The number of aromatic nitrogens is 2. The Morgan fingerprint density at radius 1 is 1.07 bits per heavy atom. The smallest absolute Gasteiger partial charge is 0.232 e. The van der Waals surface area contributed by atoms with Crippen LogP contribution in [0.15, 0.2) is 6.07 Å². The summed E-state index contributed by atoms with van der Waals surface area (Å²) in [6.45, 7) is 16.0. The van der Waals surface area contributed by atoms with Gasteiger partial charge >= 0.3 is 0 Å². The zero-order valence-corrected chi connectivity index (χ0v) is 18.6. The molecule has 2 fully saturated rings. The summed E-state index contributed by atoms with van der Waals surface area (Å²) in [7, 11) is 0. The van der Waals surface area contributed by atoms with E-state index in [1.165, 1.54) is 6.42 Å². The summed E-state index contributed by atoms with van der Waals surface area (Å²) in [5.41, 5.74) is -0.119. The van der Waals surface area contributed by atoms with Gasteiger partial charge in [-0.3, -0.25) is 0 Å². The van der Waals surface area contributed by atoms with Crippen molar-refractivity contribution in [3.05, 3.63) is 6.07 Å². The topological polar surface area (TPSA) is 65.6 Å². The van der Waals surface area contributed by atoms with Gasteiger partial charge in [-0.2, -0.15) is 9.97 Å². The van der Waals surface area contributed by atoms with E-state index in [0.717, 1.165) is 51.0 Å². The lowest BCUT2D eigenvalue weighted by atomic mass is 9.92. The van der Waals surface area contributed by atoms with Crippen molar-refractivity contribution < 1.29 is 4.74 Å². The van der Waals surface area contributed by atoms with Crippen LogP contribution in [0.5, 0.6) is 0 Å². The molecular formula is C20H34N6OS. The minimum absolute atomic E-state index is 0.119. The van der Waals surface area contributed by atoms with Crippen LogP contribution in [0.25, 0.3) is 0 Å². The van der Waals surface area contributed by atoms with Crippen LogP contribution in [0.3, 0.4) is 0 Å². The Hall–Kier alpha value is -1.67. The minimum atomic E-state index is -0.119. The van der Waals surface area contributed by atoms with E-state index >= 15 is 0 Å². The quantitative estimate of drug-likeness (QED) is 0.743. The van der Waals surface area contributed by atoms with E-state index in [4.69, 9.17) is 26.9 Å². The van der Waals surface area contributed by atoms with E-state index in [1.807, 2.05) is 0 Å². The normalized spacial score (nSPS) is 23.5. The molecule has 0 aliphatic carbocycles. The molecular weight excluding hydrogens is 372 g/mol. The molecule has 1 aromatic rings. The predicted octanol–water partition coefficient (Wildman–Crippen LogP) is 2.88. The van der Waals surface area contributed by atoms with Crippen molar-refractivity contribution in [2.75, 3.05) is 54.5 Å². The number of thiocarbonyl (C=S) groups is 1. The van der Waals surface area contributed by atoms with Gasteiger partial charge in [-0.1, -0.05) is 13.8 Å². The number of anilines is 3. The van der Waals surface area contributed by atoms with E-state index in [2.05, 4.69) is 61.1 Å². The second kappa shape index (κ2) is 8.78. The van der Waals surface area contributed by atoms with Crippen LogP contribution < -0.4 is 20.4 Å². The number of ether oxygens (including phenoxy) is 1. The Morgan fingerprint density at radius 2 is 1.64 bits per heavy atom. The molecule has 2 N–H and O–H groups in total. The third-order valence-corrected chi connectivity index (χ3v) is 5.15. The highest BCUT2D eigenvalue weighted by Gasteiger charge is 2.25. The fraction of sp³-hybridized carbons (Fsp3) is 0.750. The van der Waals surface area contributed by atoms with Gasteiger partial charge in [0, 0.05) is 37.8 Å². The molecule has 2 aliphatic rings. The Balaban J connectivity index is 1.86. The second-order valence-corrected chi connectivity index (χ2v) is 9.60. The molecule has 156 valence electrons. The Morgan fingerprint density at radius 3 is 2.21 bits per heavy atom. The molecule has 0 spiro atoms. The Bertz CT molecular complexity index is 676. The number of piperidine rings is 1. The molecule has 28 heavy (non-hydrogen) atoms. The number of hydrogen-bond donors (Lipinski definition) is 2. The zero-order valence-electron chi connectivity index (χ0n) is 17.8. The molecule has 0 bridgehead atoms. The third-order valence-electron chi connectivity index (χ3n) is 4.94. The van der Waals surface area contributed by atoms with Crippen LogP contribution in [0.1, 0.15) is 41.0 Å². The van der Waals surface area contributed by atoms with Crippen molar-refractivity contribution in [2.24, 2.45) is 11.8 Å². The first-order valence-corrected chi connectivity index (χ1v) is 10.7. The molecule has 0 unspecified atom stereocenters. The van der Waals surface area contributed by atoms with Gasteiger partial charge in [-0.15, -0.1) is 0 Å². The van der Waals surface area contributed by atoms with Crippen molar-refractivity contribution in [1.29, 1.82) is 0 Å². The van der Waals surface area contributed by atoms with E-state index in [0.29, 0.717) is 22.9 Å². The van der Waals surface area contributed by atoms with Gasteiger partial charge in [0.2, 0.25) is 5.95 Å². The fourth-order valence-electron chi connectivity index (χ4n) is 3.92. The molecule has 3 rings (SSSR count). The third kappa shape index (κ3) is 5.91. The van der Waals surface area contributed by atoms with Crippen LogP contribution in [0.4, 0.5) is 17.6 Å². The molecule has 0 saturated carbocycles. The van der Waals surface area contributed by atoms with Gasteiger partial charge in [0.05, 0.1) is 13.2 Å². The zero-order chi connectivity index (χ0) is 20.3. The maximum Gasteiger partial charge on any atom is 0.232 e. The maximum atomic E-state index is 5.50. The van der Waals surface area contributed by atoms with Crippen LogP contribution in [-0.2, 0) is 4.74 Å². The van der Waals surface area contributed by atoms with E-state index in [1.54, 1.807) is 0 Å². The van der Waals surface area contributed by atoms with Crippen molar-refractivity contribution in [3.63, 3.8) is 0 Å². The van der Waals surface area contributed by atoms with E-state index in [9.17, 15) is 0 Å². The molecule has 0 radical (unpaired) electrons. The lowest BCUT2D eigenvalue weighted by molar-refractivity contribution is 0.122. The first kappa shape index (κ1) is 21.0. The predicted molar refractivity (Wildman–Crippen MR) is 119 cm³/mol. The van der Waals surface area contributed by atoms with Crippen LogP contribution in [-0.4, -0.2) is 60.0 Å². The molecule has 2 aliphatic heterocycles. The van der Waals surface area contributed by atoms with Crippen molar-refractivity contribution in [2.45, 2.75) is 46.6 Å². The van der Waals surface area contributed by atoms with Crippen molar-refractivity contribution in [3.8, 4) is 0 Å². The van der Waals surface area contributed by atoms with Crippen LogP contribution in [0.2, 0.25) is 0 Å². The van der Waals surface area contributed by atoms with Gasteiger partial charge in [-0.05, 0) is 51.2 Å². The number of nitrogens with one attached hydrogen (secondary N) is 2. The summed E-state index contributed by atoms with van der Waals surface area (Å²) in [4.78, 5) is 14.2. The van der Waals surface area contributed by atoms with Crippen LogP contribution in [0, 0.1) is 11.8 Å². The van der Waals surface area contributed by atoms with Gasteiger partial charge in [0.1, 0.15) is 11.6 Å². The van der Waals surface area contributed by atoms with E-state index in [-0.39, 0.29) is 5.54 Å². The summed E-state index contributed by atoms with van der Waals surface area (Å²) < 4.78 is 5.50. The number of nitrogens with zero attached hydrogens (tertiary/aromatic N) is 4. The summed E-state index contributed by atoms with van der Waals surface area (Å²) in [6, 6.07) is 2.11. The molecule has 0 amide bonds. The minimum Gasteiger partial charge on any atom is -0.378 e. The van der Waals surface area contributed by atoms with Crippen LogP contribution >= 0.6 is 12.2 Å². The summed E-state index contributed by atoms with van der Waals surface area (Å²) >= 11 is 5.47. The lowest BCUT2D eigenvalue weighted by Gasteiger charge is -2.36. The number of morpholine rings is 1. The molecule has 3 heterocycles. The first-order chi connectivity index (χ1) is 13.2. The van der Waals surface area contributed by atoms with Gasteiger partial charge in [0.25, 0.3) is 0 Å². The second-order valence-electron chi connectivity index (χ2n) is 9.19. The molecule has 0 aromatic carbocycles. The van der Waals surface area contributed by atoms with Gasteiger partial charge in [0.15, 0.2) is 5.11 Å².